The molecular weight excluding hydrogens is 707 g/mol. The monoisotopic (exact) mass is 743 g/mol. The normalized spacial score (nSPS) is 17.1. The molecule has 58 heavy (non-hydrogen) atoms. The van der Waals surface area contributed by atoms with Crippen molar-refractivity contribution in [1.82, 2.24) is 10.6 Å². The molecule has 0 radical (unpaired) electrons. The standard InChI is InChI=1S/C54H37N3O/c1-3-15-34(16-4-1)35-27-29-37(30-28-35)52-55-51(36-17-5-2-6-18-36)56-53(57-52)38-31-32-43-46(33-38)54(44-23-11-13-25-47(44)58-48-26-14-12-24-45(48)54)50-42-22-10-8-20-40(42)39-19-7-9-21-41(39)49(43)50/h1-33,51,53,56H,(H,55,57). The van der Waals surface area contributed by atoms with Gasteiger partial charge in [-0.15, -0.1) is 0 Å². The second-order valence-corrected chi connectivity index (χ2v) is 15.5. The Hall–Kier alpha value is -7.27. The van der Waals surface area contributed by atoms with Gasteiger partial charge in [0.05, 0.1) is 5.41 Å². The van der Waals surface area contributed by atoms with Gasteiger partial charge in [0.15, 0.2) is 0 Å². The van der Waals surface area contributed by atoms with Crippen molar-refractivity contribution < 1.29 is 4.74 Å². The highest BCUT2D eigenvalue weighted by atomic mass is 16.5. The number of para-hydroxylation sites is 2. The van der Waals surface area contributed by atoms with Gasteiger partial charge in [-0.1, -0.05) is 188 Å². The Morgan fingerprint density at radius 2 is 1.00 bits per heavy atom. The largest absolute Gasteiger partial charge is 0.457 e. The van der Waals surface area contributed by atoms with Gasteiger partial charge < -0.3 is 10.1 Å². The molecular formula is C54H37N3O. The average molecular weight is 744 g/mol. The summed E-state index contributed by atoms with van der Waals surface area (Å²) >= 11 is 0. The first-order valence-electron chi connectivity index (χ1n) is 20.0. The second kappa shape index (κ2) is 12.9. The van der Waals surface area contributed by atoms with Crippen LogP contribution in [0, 0.1) is 0 Å². The summed E-state index contributed by atoms with van der Waals surface area (Å²) in [4.78, 5) is 5.47. The molecule has 3 aliphatic rings. The third-order valence-electron chi connectivity index (χ3n) is 12.4. The van der Waals surface area contributed by atoms with E-state index in [4.69, 9.17) is 9.73 Å². The average Bonchev–Trinajstić information content (AvgIpc) is 3.60. The number of rotatable bonds is 4. The van der Waals surface area contributed by atoms with E-state index in [2.05, 4.69) is 211 Å². The summed E-state index contributed by atoms with van der Waals surface area (Å²) in [6.45, 7) is 0. The molecule has 9 aromatic rings. The molecule has 2 heterocycles. The molecule has 2 unspecified atom stereocenters. The maximum absolute atomic E-state index is 6.76. The van der Waals surface area contributed by atoms with Crippen LogP contribution in [-0.2, 0) is 5.41 Å². The van der Waals surface area contributed by atoms with Crippen molar-refractivity contribution in [2.45, 2.75) is 17.7 Å². The molecule has 0 fully saturated rings. The summed E-state index contributed by atoms with van der Waals surface area (Å²) in [6.07, 6.45) is -0.496. The van der Waals surface area contributed by atoms with Crippen LogP contribution in [0.4, 0.5) is 0 Å². The van der Waals surface area contributed by atoms with Gasteiger partial charge in [0.1, 0.15) is 29.7 Å². The van der Waals surface area contributed by atoms with E-state index in [0.717, 1.165) is 45.2 Å². The minimum Gasteiger partial charge on any atom is -0.457 e. The zero-order valence-electron chi connectivity index (χ0n) is 31.6. The predicted octanol–water partition coefficient (Wildman–Crippen LogP) is 12.5. The number of hydrogen-bond acceptors (Lipinski definition) is 4. The number of hydrogen-bond donors (Lipinski definition) is 2. The lowest BCUT2D eigenvalue weighted by Gasteiger charge is -2.40. The van der Waals surface area contributed by atoms with E-state index in [1.807, 2.05) is 0 Å². The van der Waals surface area contributed by atoms with Gasteiger partial charge in [-0.2, -0.15) is 0 Å². The topological polar surface area (TPSA) is 45.6 Å². The van der Waals surface area contributed by atoms with Gasteiger partial charge in [0.2, 0.25) is 0 Å². The van der Waals surface area contributed by atoms with Crippen LogP contribution in [0.25, 0.3) is 43.8 Å². The first-order chi connectivity index (χ1) is 28.8. The maximum atomic E-state index is 6.76. The Labute approximate surface area is 337 Å². The molecule has 12 rings (SSSR count). The van der Waals surface area contributed by atoms with Gasteiger partial charge in [0, 0.05) is 16.7 Å². The number of aliphatic imine (C=N–C) groups is 1. The fraction of sp³-hybridized carbons (Fsp3) is 0.0556. The van der Waals surface area contributed by atoms with Gasteiger partial charge >= 0.3 is 0 Å². The van der Waals surface area contributed by atoms with Crippen molar-refractivity contribution in [3.63, 3.8) is 0 Å². The second-order valence-electron chi connectivity index (χ2n) is 15.5. The molecule has 2 N–H and O–H groups in total. The molecule has 1 aliphatic carbocycles. The molecule has 9 aromatic carbocycles. The number of nitrogens with zero attached hydrogens (tertiary/aromatic N) is 1. The van der Waals surface area contributed by atoms with Crippen molar-refractivity contribution in [3.05, 3.63) is 239 Å². The van der Waals surface area contributed by atoms with Crippen LogP contribution < -0.4 is 15.4 Å². The highest BCUT2D eigenvalue weighted by Crippen LogP contribution is 2.65. The number of ether oxygens (including phenoxy) is 1. The van der Waals surface area contributed by atoms with E-state index in [0.29, 0.717) is 0 Å². The van der Waals surface area contributed by atoms with Crippen LogP contribution in [0.5, 0.6) is 11.5 Å². The van der Waals surface area contributed by atoms with Gasteiger partial charge in [-0.3, -0.25) is 5.32 Å². The molecule has 1 spiro atoms. The van der Waals surface area contributed by atoms with Crippen molar-refractivity contribution in [2.24, 2.45) is 4.99 Å². The van der Waals surface area contributed by atoms with Crippen LogP contribution in [0.3, 0.4) is 0 Å². The van der Waals surface area contributed by atoms with Crippen molar-refractivity contribution >= 4 is 27.4 Å². The fourth-order valence-electron chi connectivity index (χ4n) is 9.90. The van der Waals surface area contributed by atoms with Crippen molar-refractivity contribution in [2.75, 3.05) is 0 Å². The smallest absolute Gasteiger partial charge is 0.132 e. The Kier molecular flexibility index (Phi) is 7.31. The first kappa shape index (κ1) is 32.9. The summed E-state index contributed by atoms with van der Waals surface area (Å²) in [5, 5.41) is 12.7. The van der Waals surface area contributed by atoms with Crippen molar-refractivity contribution in [3.8, 4) is 33.8 Å². The molecule has 0 amide bonds. The Bertz CT molecular complexity index is 3050. The summed E-state index contributed by atoms with van der Waals surface area (Å²) < 4.78 is 6.76. The van der Waals surface area contributed by atoms with Gasteiger partial charge in [0.25, 0.3) is 0 Å². The molecule has 0 saturated carbocycles. The quantitative estimate of drug-likeness (QED) is 0.176. The van der Waals surface area contributed by atoms with Crippen LogP contribution in [0.2, 0.25) is 0 Å². The Morgan fingerprint density at radius 1 is 0.448 bits per heavy atom. The molecule has 274 valence electrons. The lowest BCUT2D eigenvalue weighted by atomic mass is 9.65. The van der Waals surface area contributed by atoms with Crippen LogP contribution in [0.1, 0.15) is 51.3 Å². The number of fused-ring (bicyclic) bond motifs is 14. The number of benzene rings is 9. The number of amidine groups is 1. The maximum Gasteiger partial charge on any atom is 0.132 e. The van der Waals surface area contributed by atoms with Crippen LogP contribution >= 0.6 is 0 Å². The van der Waals surface area contributed by atoms with E-state index < -0.39 is 5.41 Å². The minimum absolute atomic E-state index is 0.163. The SMILES string of the molecule is c1ccc(-c2ccc(C3=NC(c4ccc5c(c4)C4(c6ccccc6Oc6ccccc64)c4c-5c5ccccc5c5ccccc45)NC(c4ccccc4)N3)cc2)cc1. The van der Waals surface area contributed by atoms with E-state index in [9.17, 15) is 0 Å². The first-order valence-corrected chi connectivity index (χ1v) is 20.0. The Balaban J connectivity index is 1.11. The zero-order chi connectivity index (χ0) is 38.2. The highest BCUT2D eigenvalue weighted by Gasteiger charge is 2.52. The van der Waals surface area contributed by atoms with E-state index in [1.54, 1.807) is 0 Å². The molecule has 0 bridgehead atoms. The van der Waals surface area contributed by atoms with Crippen LogP contribution in [0.15, 0.2) is 205 Å². The Morgan fingerprint density at radius 3 is 1.71 bits per heavy atom. The fourth-order valence-corrected chi connectivity index (χ4v) is 9.90. The van der Waals surface area contributed by atoms with Gasteiger partial charge in [-0.05, 0) is 78.2 Å². The summed E-state index contributed by atoms with van der Waals surface area (Å²) in [7, 11) is 0. The van der Waals surface area contributed by atoms with Crippen molar-refractivity contribution in [1.29, 1.82) is 0 Å². The predicted molar refractivity (Wildman–Crippen MR) is 235 cm³/mol. The van der Waals surface area contributed by atoms with E-state index >= 15 is 0 Å². The van der Waals surface area contributed by atoms with Crippen LogP contribution in [-0.4, -0.2) is 5.84 Å². The summed E-state index contributed by atoms with van der Waals surface area (Å²) in [5.74, 6) is 2.62. The lowest BCUT2D eigenvalue weighted by Crippen LogP contribution is -2.45. The lowest BCUT2D eigenvalue weighted by molar-refractivity contribution is 0.408. The van der Waals surface area contributed by atoms with E-state index in [1.165, 1.54) is 54.9 Å². The third-order valence-corrected chi connectivity index (χ3v) is 12.4. The molecule has 4 heteroatoms. The third kappa shape index (κ3) is 4.82. The molecule has 2 aliphatic heterocycles. The molecule has 0 aromatic heterocycles. The van der Waals surface area contributed by atoms with E-state index in [-0.39, 0.29) is 12.3 Å². The highest BCUT2D eigenvalue weighted by molar-refractivity contribution is 6.19. The summed E-state index contributed by atoms with van der Waals surface area (Å²) in [6, 6.07) is 72.0. The minimum atomic E-state index is -0.651. The molecule has 0 saturated heterocycles. The summed E-state index contributed by atoms with van der Waals surface area (Å²) in [5.41, 5.74) is 12.4. The molecule has 2 atom stereocenters. The number of nitrogens with one attached hydrogen (secondary N) is 2. The van der Waals surface area contributed by atoms with Gasteiger partial charge in [-0.25, -0.2) is 4.99 Å². The molecule has 4 nitrogen and oxygen atoms in total. The zero-order valence-corrected chi connectivity index (χ0v) is 31.6.